The molecule has 0 bridgehead atoms. The molecule has 1 amide bonds. The van der Waals surface area contributed by atoms with E-state index in [1.165, 1.54) is 17.2 Å². The number of carbonyl (C=O) groups is 1. The molecule has 10 heteroatoms. The van der Waals surface area contributed by atoms with Crippen molar-refractivity contribution in [2.24, 2.45) is 0 Å². The van der Waals surface area contributed by atoms with Crippen molar-refractivity contribution in [1.82, 2.24) is 19.5 Å². The molecule has 4 atom stereocenters. The molecule has 0 radical (unpaired) electrons. The number of hydrogen-bond acceptors (Lipinski definition) is 8. The van der Waals surface area contributed by atoms with Crippen molar-refractivity contribution >= 4 is 23.4 Å². The van der Waals surface area contributed by atoms with Gasteiger partial charge in [0.25, 0.3) is 0 Å². The van der Waals surface area contributed by atoms with Crippen LogP contribution in [0.2, 0.25) is 0 Å². The van der Waals surface area contributed by atoms with E-state index in [1.54, 1.807) is 0 Å². The van der Waals surface area contributed by atoms with Gasteiger partial charge in [-0.15, -0.1) is 0 Å². The zero-order valence-electron chi connectivity index (χ0n) is 10.7. The largest absolute Gasteiger partial charge is 0.394 e. The number of anilines is 1. The number of fused-ring (bicyclic) bond motifs is 1. The normalized spacial score (nSPS) is 28.9. The average molecular weight is 295 g/mol. The number of aliphatic hydroxyl groups excluding tert-OH is 3. The summed E-state index contributed by atoms with van der Waals surface area (Å²) in [4.78, 5) is 22.5. The highest BCUT2D eigenvalue weighted by Crippen LogP contribution is 2.31. The third kappa shape index (κ3) is 2.14. The highest BCUT2D eigenvalue weighted by Gasteiger charge is 2.43. The van der Waals surface area contributed by atoms with Crippen molar-refractivity contribution in [3.63, 3.8) is 0 Å². The van der Waals surface area contributed by atoms with Gasteiger partial charge < -0.3 is 25.4 Å². The van der Waals surface area contributed by atoms with Gasteiger partial charge in [-0.05, 0) is 0 Å². The molecule has 1 aliphatic heterocycles. The Bertz CT molecular complexity index is 661. The van der Waals surface area contributed by atoms with Gasteiger partial charge >= 0.3 is 0 Å². The maximum Gasteiger partial charge on any atom is 0.212 e. The molecule has 4 N–H and O–H groups in total. The van der Waals surface area contributed by atoms with Crippen LogP contribution in [0.15, 0.2) is 12.7 Å². The van der Waals surface area contributed by atoms with Crippen LogP contribution >= 0.6 is 0 Å². The second-order valence-corrected chi connectivity index (χ2v) is 4.54. The third-order valence-electron chi connectivity index (χ3n) is 3.35. The van der Waals surface area contributed by atoms with E-state index in [9.17, 15) is 15.0 Å². The minimum absolute atomic E-state index is 0.223. The lowest BCUT2D eigenvalue weighted by molar-refractivity contribution is -0.105. The zero-order valence-corrected chi connectivity index (χ0v) is 10.7. The van der Waals surface area contributed by atoms with Crippen LogP contribution in [0.3, 0.4) is 0 Å². The van der Waals surface area contributed by atoms with Crippen LogP contribution in [-0.4, -0.2) is 66.2 Å². The summed E-state index contributed by atoms with van der Waals surface area (Å²) in [6, 6.07) is 0. The molecule has 3 rings (SSSR count). The number of carbonyl (C=O) groups excluding carboxylic acids is 1. The Morgan fingerprint density at radius 2 is 2.14 bits per heavy atom. The summed E-state index contributed by atoms with van der Waals surface area (Å²) in [6.07, 6.45) is -1.24. The van der Waals surface area contributed by atoms with Crippen molar-refractivity contribution < 1.29 is 24.9 Å². The highest BCUT2D eigenvalue weighted by atomic mass is 16.6. The van der Waals surface area contributed by atoms with Crippen molar-refractivity contribution in [3.05, 3.63) is 12.7 Å². The van der Waals surface area contributed by atoms with E-state index in [1.807, 2.05) is 0 Å². The number of amides is 1. The number of nitrogens with one attached hydrogen (secondary N) is 1. The van der Waals surface area contributed by atoms with E-state index in [0.717, 1.165) is 0 Å². The molecule has 3 heterocycles. The number of aliphatic hydroxyl groups is 3. The maximum atomic E-state index is 10.5. The molecule has 112 valence electrons. The Morgan fingerprint density at radius 1 is 1.33 bits per heavy atom. The summed E-state index contributed by atoms with van der Waals surface area (Å²) in [6.45, 7) is -0.422. The monoisotopic (exact) mass is 295 g/mol. The number of aromatic nitrogens is 4. The smallest absolute Gasteiger partial charge is 0.212 e. The molecule has 2 aromatic heterocycles. The molecular weight excluding hydrogens is 282 g/mol. The summed E-state index contributed by atoms with van der Waals surface area (Å²) in [5.41, 5.74) is 0.645. The SMILES string of the molecule is O=CNc1ncnc2c1ncn2C1OC(CO)C(O)C1O. The fourth-order valence-corrected chi connectivity index (χ4v) is 2.31. The van der Waals surface area contributed by atoms with Gasteiger partial charge in [0, 0.05) is 0 Å². The van der Waals surface area contributed by atoms with Crippen LogP contribution in [0.4, 0.5) is 5.82 Å². The standard InChI is InChI=1S/C11H13N5O5/c17-1-5-7(19)8(20)11(21-5)16-3-14-6-9(15-4-18)12-2-13-10(6)16/h2-5,7-8,11,17,19-20H,1H2,(H,12,13,15,18). The fourth-order valence-electron chi connectivity index (χ4n) is 2.31. The van der Waals surface area contributed by atoms with Crippen LogP contribution in [0, 0.1) is 0 Å². The van der Waals surface area contributed by atoms with Gasteiger partial charge in [-0.2, -0.15) is 0 Å². The molecule has 0 spiro atoms. The number of nitrogens with zero attached hydrogens (tertiary/aromatic N) is 4. The summed E-state index contributed by atoms with van der Waals surface area (Å²) >= 11 is 0. The molecule has 0 saturated carbocycles. The zero-order chi connectivity index (χ0) is 15.0. The maximum absolute atomic E-state index is 10.5. The van der Waals surface area contributed by atoms with E-state index >= 15 is 0 Å². The van der Waals surface area contributed by atoms with Crippen LogP contribution in [0.25, 0.3) is 11.2 Å². The number of imidazole rings is 1. The average Bonchev–Trinajstić information content (AvgIpc) is 3.03. The van der Waals surface area contributed by atoms with Crippen molar-refractivity contribution in [2.45, 2.75) is 24.5 Å². The molecule has 0 aliphatic carbocycles. The Hall–Kier alpha value is -2.14. The van der Waals surface area contributed by atoms with E-state index in [0.29, 0.717) is 17.6 Å². The lowest BCUT2D eigenvalue weighted by Gasteiger charge is -2.16. The summed E-state index contributed by atoms with van der Waals surface area (Å²) in [5, 5.41) is 31.3. The number of ether oxygens (including phenoxy) is 1. The molecule has 1 fully saturated rings. The Morgan fingerprint density at radius 3 is 2.81 bits per heavy atom. The third-order valence-corrected chi connectivity index (χ3v) is 3.35. The topological polar surface area (TPSA) is 143 Å². The van der Waals surface area contributed by atoms with E-state index in [-0.39, 0.29) is 5.82 Å². The van der Waals surface area contributed by atoms with Gasteiger partial charge in [0.2, 0.25) is 6.41 Å². The molecule has 10 nitrogen and oxygen atoms in total. The molecule has 2 aromatic rings. The first kappa shape index (κ1) is 13.8. The molecule has 21 heavy (non-hydrogen) atoms. The molecule has 4 unspecified atom stereocenters. The second-order valence-electron chi connectivity index (χ2n) is 4.54. The van der Waals surface area contributed by atoms with Gasteiger partial charge in [0.05, 0.1) is 12.9 Å². The summed E-state index contributed by atoms with van der Waals surface area (Å²) < 4.78 is 6.82. The van der Waals surface area contributed by atoms with Gasteiger partial charge in [-0.3, -0.25) is 9.36 Å². The second kappa shape index (κ2) is 5.33. The fraction of sp³-hybridized carbons (Fsp3) is 0.455. The lowest BCUT2D eigenvalue weighted by Crippen LogP contribution is -2.33. The predicted octanol–water partition coefficient (Wildman–Crippen LogP) is -1.99. The van der Waals surface area contributed by atoms with Gasteiger partial charge in [-0.1, -0.05) is 0 Å². The van der Waals surface area contributed by atoms with Gasteiger partial charge in [-0.25, -0.2) is 15.0 Å². The van der Waals surface area contributed by atoms with Crippen LogP contribution in [0.1, 0.15) is 6.23 Å². The van der Waals surface area contributed by atoms with Crippen molar-refractivity contribution in [1.29, 1.82) is 0 Å². The van der Waals surface area contributed by atoms with Gasteiger partial charge in [0.1, 0.15) is 24.6 Å². The minimum atomic E-state index is -1.24. The van der Waals surface area contributed by atoms with Gasteiger partial charge in [0.15, 0.2) is 23.2 Å². The lowest BCUT2D eigenvalue weighted by atomic mass is 10.1. The minimum Gasteiger partial charge on any atom is -0.394 e. The van der Waals surface area contributed by atoms with E-state index < -0.39 is 31.1 Å². The number of hydrogen-bond donors (Lipinski definition) is 4. The summed E-state index contributed by atoms with van der Waals surface area (Å²) in [5.74, 6) is 0.223. The van der Waals surface area contributed by atoms with Crippen LogP contribution in [-0.2, 0) is 9.53 Å². The molecule has 0 aromatic carbocycles. The molecule has 1 saturated heterocycles. The Kier molecular flexibility index (Phi) is 3.51. The molecular formula is C11H13N5O5. The predicted molar refractivity (Wildman–Crippen MR) is 68.0 cm³/mol. The van der Waals surface area contributed by atoms with Crippen LogP contribution < -0.4 is 5.32 Å². The Balaban J connectivity index is 2.02. The van der Waals surface area contributed by atoms with E-state index in [4.69, 9.17) is 9.84 Å². The first-order valence-corrected chi connectivity index (χ1v) is 6.17. The molecule has 1 aliphatic rings. The first-order chi connectivity index (χ1) is 10.2. The van der Waals surface area contributed by atoms with Crippen LogP contribution in [0.5, 0.6) is 0 Å². The quantitative estimate of drug-likeness (QED) is 0.475. The number of rotatable bonds is 4. The Labute approximate surface area is 118 Å². The first-order valence-electron chi connectivity index (χ1n) is 6.17. The summed E-state index contributed by atoms with van der Waals surface area (Å²) in [7, 11) is 0. The van der Waals surface area contributed by atoms with E-state index in [2.05, 4.69) is 20.3 Å². The van der Waals surface area contributed by atoms with Crippen molar-refractivity contribution in [2.75, 3.05) is 11.9 Å². The van der Waals surface area contributed by atoms with Crippen molar-refractivity contribution in [3.8, 4) is 0 Å². The highest BCUT2D eigenvalue weighted by molar-refractivity contribution is 5.88.